The molecule has 3 aromatic heterocycles. The Balaban J connectivity index is 1.66. The number of carbonyl (C=O) groups excluding carboxylic acids is 1. The van der Waals surface area contributed by atoms with E-state index in [1.807, 2.05) is 18.5 Å². The summed E-state index contributed by atoms with van der Waals surface area (Å²) in [6.07, 6.45) is 9.45. The lowest BCUT2D eigenvalue weighted by Crippen LogP contribution is -2.37. The molecule has 1 aliphatic heterocycles. The predicted octanol–water partition coefficient (Wildman–Crippen LogP) is 4.53. The van der Waals surface area contributed by atoms with Crippen LogP contribution in [0.1, 0.15) is 81.0 Å². The van der Waals surface area contributed by atoms with Gasteiger partial charge in [-0.15, -0.1) is 0 Å². The fourth-order valence-corrected chi connectivity index (χ4v) is 5.07. The number of hydrogen-bond acceptors (Lipinski definition) is 8. The summed E-state index contributed by atoms with van der Waals surface area (Å²) in [6, 6.07) is 2.10. The van der Waals surface area contributed by atoms with Gasteiger partial charge in [0, 0.05) is 36.6 Å². The first-order valence-electron chi connectivity index (χ1n) is 12.8. The molecule has 5 rings (SSSR count). The topological polar surface area (TPSA) is 95.3 Å². The smallest absolute Gasteiger partial charge is 0.357 e. The largest absolute Gasteiger partial charge is 0.461 e. The first-order valence-corrected chi connectivity index (χ1v) is 12.8. The van der Waals surface area contributed by atoms with Crippen LogP contribution in [0.15, 0.2) is 18.5 Å². The number of carbonyl (C=O) groups is 1. The van der Waals surface area contributed by atoms with Gasteiger partial charge in [0.05, 0.1) is 36.9 Å². The number of aromatic nitrogens is 5. The van der Waals surface area contributed by atoms with Crippen LogP contribution in [0.3, 0.4) is 0 Å². The summed E-state index contributed by atoms with van der Waals surface area (Å²) >= 11 is 0. The number of morpholine rings is 1. The Hall–Kier alpha value is -3.07. The van der Waals surface area contributed by atoms with Gasteiger partial charge in [0.2, 0.25) is 5.95 Å². The van der Waals surface area contributed by atoms with Crippen LogP contribution in [0.2, 0.25) is 0 Å². The van der Waals surface area contributed by atoms with E-state index in [9.17, 15) is 4.79 Å². The number of fused-ring (bicyclic) bond motifs is 1. The van der Waals surface area contributed by atoms with Crippen molar-refractivity contribution < 1.29 is 14.3 Å². The lowest BCUT2D eigenvalue weighted by Gasteiger charge is -2.26. The Labute approximate surface area is 205 Å². The highest BCUT2D eigenvalue weighted by Gasteiger charge is 2.27. The SMILES string of the molecule is CCOC(=O)c1cc(-c2cnc(N3CCOCC3)nc2)c2c(C(C)C)nn(C3CCCCC3)c2n1. The number of hydrogen-bond donors (Lipinski definition) is 0. The second-order valence-electron chi connectivity index (χ2n) is 9.62. The Morgan fingerprint density at radius 1 is 1.14 bits per heavy atom. The van der Waals surface area contributed by atoms with Crippen molar-refractivity contribution in [3.8, 4) is 11.1 Å². The lowest BCUT2D eigenvalue weighted by atomic mass is 9.95. The first-order chi connectivity index (χ1) is 17.1. The third-order valence-corrected chi connectivity index (χ3v) is 6.88. The zero-order chi connectivity index (χ0) is 24.4. The molecule has 2 aliphatic rings. The van der Waals surface area contributed by atoms with Crippen LogP contribution in [0.5, 0.6) is 0 Å². The Bertz CT molecular complexity index is 1180. The van der Waals surface area contributed by atoms with Crippen molar-refractivity contribution in [3.05, 3.63) is 29.8 Å². The van der Waals surface area contributed by atoms with Crippen LogP contribution in [-0.4, -0.2) is 63.6 Å². The lowest BCUT2D eigenvalue weighted by molar-refractivity contribution is 0.0520. The summed E-state index contributed by atoms with van der Waals surface area (Å²) in [5.74, 6) is 0.462. The van der Waals surface area contributed by atoms with Gasteiger partial charge >= 0.3 is 5.97 Å². The van der Waals surface area contributed by atoms with E-state index in [1.54, 1.807) is 6.92 Å². The van der Waals surface area contributed by atoms with Crippen molar-refractivity contribution >= 4 is 23.0 Å². The molecular weight excluding hydrogens is 444 g/mol. The molecule has 0 atom stereocenters. The van der Waals surface area contributed by atoms with Gasteiger partial charge in [-0.2, -0.15) is 5.10 Å². The summed E-state index contributed by atoms with van der Waals surface area (Å²) in [7, 11) is 0. The van der Waals surface area contributed by atoms with Crippen molar-refractivity contribution in [2.75, 3.05) is 37.8 Å². The first kappa shape index (κ1) is 23.7. The van der Waals surface area contributed by atoms with Crippen LogP contribution in [-0.2, 0) is 9.47 Å². The summed E-state index contributed by atoms with van der Waals surface area (Å²) in [5.41, 5.74) is 3.74. The highest BCUT2D eigenvalue weighted by molar-refractivity contribution is 6.00. The maximum Gasteiger partial charge on any atom is 0.357 e. The molecule has 0 bridgehead atoms. The molecule has 186 valence electrons. The van der Waals surface area contributed by atoms with Crippen molar-refractivity contribution in [1.82, 2.24) is 24.7 Å². The molecule has 35 heavy (non-hydrogen) atoms. The second kappa shape index (κ2) is 10.3. The van der Waals surface area contributed by atoms with Crippen molar-refractivity contribution in [3.63, 3.8) is 0 Å². The number of anilines is 1. The maximum absolute atomic E-state index is 12.8. The molecule has 0 N–H and O–H groups in total. The van der Waals surface area contributed by atoms with Gasteiger partial charge < -0.3 is 14.4 Å². The van der Waals surface area contributed by atoms with E-state index < -0.39 is 5.97 Å². The molecule has 1 saturated carbocycles. The summed E-state index contributed by atoms with van der Waals surface area (Å²) < 4.78 is 12.8. The van der Waals surface area contributed by atoms with Crippen molar-refractivity contribution in [2.24, 2.45) is 0 Å². The summed E-state index contributed by atoms with van der Waals surface area (Å²) in [5, 5.41) is 6.05. The van der Waals surface area contributed by atoms with Gasteiger partial charge in [0.1, 0.15) is 0 Å². The summed E-state index contributed by atoms with van der Waals surface area (Å²) in [6.45, 7) is 9.30. The monoisotopic (exact) mass is 478 g/mol. The molecule has 4 heterocycles. The average molecular weight is 479 g/mol. The molecule has 1 aliphatic carbocycles. The third-order valence-electron chi connectivity index (χ3n) is 6.88. The third kappa shape index (κ3) is 4.74. The molecule has 9 nitrogen and oxygen atoms in total. The Morgan fingerprint density at radius 2 is 1.86 bits per heavy atom. The highest BCUT2D eigenvalue weighted by atomic mass is 16.5. The van der Waals surface area contributed by atoms with Gasteiger partial charge in [-0.1, -0.05) is 33.1 Å². The van der Waals surface area contributed by atoms with Crippen molar-refractivity contribution in [1.29, 1.82) is 0 Å². The molecule has 0 amide bonds. The van der Waals surface area contributed by atoms with Crippen LogP contribution in [0, 0.1) is 0 Å². The number of rotatable bonds is 6. The molecule has 2 fully saturated rings. The zero-order valence-electron chi connectivity index (χ0n) is 20.9. The van der Waals surface area contributed by atoms with E-state index in [1.165, 1.54) is 19.3 Å². The van der Waals surface area contributed by atoms with Crippen LogP contribution in [0.4, 0.5) is 5.95 Å². The van der Waals surface area contributed by atoms with E-state index in [0.717, 1.165) is 53.8 Å². The molecular formula is C26H34N6O3. The molecule has 9 heteroatoms. The normalized spacial score (nSPS) is 17.3. The van der Waals surface area contributed by atoms with Crippen LogP contribution in [0.25, 0.3) is 22.2 Å². The number of nitrogens with zero attached hydrogens (tertiary/aromatic N) is 6. The quantitative estimate of drug-likeness (QED) is 0.477. The van der Waals surface area contributed by atoms with E-state index >= 15 is 0 Å². The van der Waals surface area contributed by atoms with Gasteiger partial charge in [0.15, 0.2) is 11.3 Å². The molecule has 0 spiro atoms. The number of pyridine rings is 1. The average Bonchev–Trinajstić information content (AvgIpc) is 3.29. The van der Waals surface area contributed by atoms with Gasteiger partial charge in [-0.25, -0.2) is 24.4 Å². The minimum absolute atomic E-state index is 0.199. The molecule has 1 saturated heterocycles. The van der Waals surface area contributed by atoms with Gasteiger partial charge in [0.25, 0.3) is 0 Å². The molecule has 0 radical (unpaired) electrons. The van der Waals surface area contributed by atoms with Crippen LogP contribution >= 0.6 is 0 Å². The highest BCUT2D eigenvalue weighted by Crippen LogP contribution is 2.38. The van der Waals surface area contributed by atoms with E-state index in [0.29, 0.717) is 31.5 Å². The van der Waals surface area contributed by atoms with E-state index in [-0.39, 0.29) is 12.0 Å². The van der Waals surface area contributed by atoms with Gasteiger partial charge in [-0.3, -0.25) is 0 Å². The minimum atomic E-state index is -0.427. The Morgan fingerprint density at radius 3 is 2.51 bits per heavy atom. The molecule has 3 aromatic rings. The molecule has 0 aromatic carbocycles. The fraction of sp³-hybridized carbons (Fsp3) is 0.577. The number of esters is 1. The van der Waals surface area contributed by atoms with E-state index in [2.05, 4.69) is 33.4 Å². The van der Waals surface area contributed by atoms with Crippen molar-refractivity contribution in [2.45, 2.75) is 64.8 Å². The maximum atomic E-state index is 12.8. The van der Waals surface area contributed by atoms with Gasteiger partial charge in [-0.05, 0) is 31.7 Å². The Kier molecular flexibility index (Phi) is 6.95. The van der Waals surface area contributed by atoms with E-state index in [4.69, 9.17) is 19.6 Å². The molecule has 0 unspecified atom stereocenters. The standard InChI is InChI=1S/C26H34N6O3/c1-4-35-25(33)21-14-20(18-15-27-26(28-16-18)31-10-12-34-13-11-31)22-23(17(2)3)30-32(24(22)29-21)19-8-6-5-7-9-19/h14-17,19H,4-13H2,1-3H3. The fourth-order valence-electron chi connectivity index (χ4n) is 5.07. The zero-order valence-corrected chi connectivity index (χ0v) is 20.9. The predicted molar refractivity (Wildman–Crippen MR) is 134 cm³/mol. The number of ether oxygens (including phenoxy) is 2. The minimum Gasteiger partial charge on any atom is -0.461 e. The second-order valence-corrected chi connectivity index (χ2v) is 9.62. The summed E-state index contributed by atoms with van der Waals surface area (Å²) in [4.78, 5) is 29.1. The van der Waals surface area contributed by atoms with Crippen LogP contribution < -0.4 is 4.90 Å².